The third-order valence-electron chi connectivity index (χ3n) is 4.97. The van der Waals surface area contributed by atoms with E-state index in [0.717, 1.165) is 44.8 Å². The van der Waals surface area contributed by atoms with E-state index in [2.05, 4.69) is 47.6 Å². The molecule has 0 bridgehead atoms. The molecular formula is C19H29N3O2. The topological polar surface area (TPSA) is 53.6 Å². The van der Waals surface area contributed by atoms with E-state index in [9.17, 15) is 4.79 Å². The lowest BCUT2D eigenvalue weighted by Gasteiger charge is -2.32. The Balaban J connectivity index is 1.52. The second-order valence-electron chi connectivity index (χ2n) is 7.15. The van der Waals surface area contributed by atoms with E-state index >= 15 is 0 Å². The normalized spacial score (nSPS) is 23.2. The van der Waals surface area contributed by atoms with Crippen LogP contribution in [-0.2, 0) is 17.6 Å². The van der Waals surface area contributed by atoms with Crippen molar-refractivity contribution in [3.8, 4) is 5.75 Å². The third kappa shape index (κ3) is 4.08. The summed E-state index contributed by atoms with van der Waals surface area (Å²) < 4.78 is 5.75. The van der Waals surface area contributed by atoms with Gasteiger partial charge in [-0.15, -0.1) is 0 Å². The van der Waals surface area contributed by atoms with Gasteiger partial charge in [-0.2, -0.15) is 0 Å². The summed E-state index contributed by atoms with van der Waals surface area (Å²) >= 11 is 0. The number of nitrogens with zero attached hydrogens (tertiary/aromatic N) is 1. The lowest BCUT2D eigenvalue weighted by molar-refractivity contribution is -0.126. The molecule has 5 heteroatoms. The Kier molecular flexibility index (Phi) is 5.41. The average Bonchev–Trinajstić information content (AvgIpc) is 2.94. The first kappa shape index (κ1) is 17.2. The van der Waals surface area contributed by atoms with Crippen LogP contribution < -0.4 is 15.4 Å². The Hall–Kier alpha value is -1.59. The van der Waals surface area contributed by atoms with E-state index < -0.39 is 0 Å². The molecule has 1 saturated heterocycles. The minimum Gasteiger partial charge on any atom is -0.490 e. The van der Waals surface area contributed by atoms with E-state index in [1.165, 1.54) is 11.1 Å². The minimum absolute atomic E-state index is 0.0659. The summed E-state index contributed by atoms with van der Waals surface area (Å²) in [5.41, 5.74) is 2.54. The molecule has 2 heterocycles. The number of piperazine rings is 1. The number of carbonyl (C=O) groups is 1. The van der Waals surface area contributed by atoms with Gasteiger partial charge in [0.05, 0.1) is 6.04 Å². The van der Waals surface area contributed by atoms with E-state index in [1.54, 1.807) is 0 Å². The van der Waals surface area contributed by atoms with Crippen LogP contribution in [0.3, 0.4) is 0 Å². The molecule has 1 aromatic rings. The number of carbonyl (C=O) groups excluding carboxylic acids is 1. The van der Waals surface area contributed by atoms with Crippen molar-refractivity contribution in [2.45, 2.75) is 51.8 Å². The SMILES string of the molecule is CC1Cc2cc(C[C@@H](C)NC(=O)C(C)N3CCNCC3)ccc2O1. The van der Waals surface area contributed by atoms with Gasteiger partial charge in [0.2, 0.25) is 5.91 Å². The summed E-state index contributed by atoms with van der Waals surface area (Å²) in [6, 6.07) is 6.46. The fraction of sp³-hybridized carbons (Fsp3) is 0.632. The van der Waals surface area contributed by atoms with E-state index in [1.807, 2.05) is 6.92 Å². The molecule has 0 saturated carbocycles. The van der Waals surface area contributed by atoms with Gasteiger partial charge in [0.1, 0.15) is 11.9 Å². The summed E-state index contributed by atoms with van der Waals surface area (Å²) in [6.45, 7) is 9.97. The molecule has 2 aliphatic heterocycles. The fourth-order valence-electron chi connectivity index (χ4n) is 3.61. The highest BCUT2D eigenvalue weighted by molar-refractivity contribution is 5.81. The molecule has 2 aliphatic rings. The number of ether oxygens (including phenoxy) is 1. The zero-order valence-electron chi connectivity index (χ0n) is 15.0. The molecule has 0 radical (unpaired) electrons. The quantitative estimate of drug-likeness (QED) is 0.855. The van der Waals surface area contributed by atoms with Crippen LogP contribution in [0.15, 0.2) is 18.2 Å². The maximum atomic E-state index is 12.5. The molecule has 3 rings (SSSR count). The van der Waals surface area contributed by atoms with E-state index in [-0.39, 0.29) is 24.1 Å². The Labute approximate surface area is 144 Å². The van der Waals surface area contributed by atoms with Crippen LogP contribution in [0.25, 0.3) is 0 Å². The highest BCUT2D eigenvalue weighted by Crippen LogP contribution is 2.29. The van der Waals surface area contributed by atoms with Gasteiger partial charge in [-0.3, -0.25) is 9.69 Å². The van der Waals surface area contributed by atoms with Crippen molar-refractivity contribution < 1.29 is 9.53 Å². The molecule has 5 nitrogen and oxygen atoms in total. The van der Waals surface area contributed by atoms with Crippen molar-refractivity contribution in [2.24, 2.45) is 0 Å². The minimum atomic E-state index is -0.0659. The molecule has 1 aromatic carbocycles. The Morgan fingerprint density at radius 1 is 1.38 bits per heavy atom. The van der Waals surface area contributed by atoms with Gasteiger partial charge in [0.15, 0.2) is 0 Å². The second kappa shape index (κ2) is 7.53. The number of hydrogen-bond donors (Lipinski definition) is 2. The molecule has 3 atom stereocenters. The molecule has 1 fully saturated rings. The summed E-state index contributed by atoms with van der Waals surface area (Å²) in [4.78, 5) is 14.7. The van der Waals surface area contributed by atoms with Crippen molar-refractivity contribution >= 4 is 5.91 Å². The molecule has 0 aliphatic carbocycles. The zero-order valence-corrected chi connectivity index (χ0v) is 15.0. The number of hydrogen-bond acceptors (Lipinski definition) is 4. The maximum Gasteiger partial charge on any atom is 0.237 e. The predicted molar refractivity (Wildman–Crippen MR) is 95.4 cm³/mol. The Morgan fingerprint density at radius 2 is 2.12 bits per heavy atom. The van der Waals surface area contributed by atoms with Crippen LogP contribution in [0.4, 0.5) is 0 Å². The summed E-state index contributed by atoms with van der Waals surface area (Å²) in [6.07, 6.45) is 2.10. The lowest BCUT2D eigenvalue weighted by Crippen LogP contribution is -2.53. The molecule has 24 heavy (non-hydrogen) atoms. The van der Waals surface area contributed by atoms with Crippen molar-refractivity contribution in [3.05, 3.63) is 29.3 Å². The molecule has 0 spiro atoms. The number of benzene rings is 1. The monoisotopic (exact) mass is 331 g/mol. The number of fused-ring (bicyclic) bond motifs is 1. The van der Waals surface area contributed by atoms with Gasteiger partial charge in [-0.05, 0) is 44.4 Å². The van der Waals surface area contributed by atoms with E-state index in [0.29, 0.717) is 0 Å². The largest absolute Gasteiger partial charge is 0.490 e. The smallest absolute Gasteiger partial charge is 0.237 e. The van der Waals surface area contributed by atoms with Gasteiger partial charge < -0.3 is 15.4 Å². The van der Waals surface area contributed by atoms with Crippen LogP contribution in [0.2, 0.25) is 0 Å². The Morgan fingerprint density at radius 3 is 2.88 bits per heavy atom. The van der Waals surface area contributed by atoms with Crippen molar-refractivity contribution in [2.75, 3.05) is 26.2 Å². The fourth-order valence-corrected chi connectivity index (χ4v) is 3.61. The van der Waals surface area contributed by atoms with Crippen molar-refractivity contribution in [3.63, 3.8) is 0 Å². The van der Waals surface area contributed by atoms with Gasteiger partial charge >= 0.3 is 0 Å². The molecule has 132 valence electrons. The van der Waals surface area contributed by atoms with Gasteiger partial charge in [0.25, 0.3) is 0 Å². The van der Waals surface area contributed by atoms with Crippen LogP contribution >= 0.6 is 0 Å². The number of rotatable bonds is 5. The average molecular weight is 331 g/mol. The molecule has 2 N–H and O–H groups in total. The second-order valence-corrected chi connectivity index (χ2v) is 7.15. The molecule has 0 aromatic heterocycles. The lowest BCUT2D eigenvalue weighted by atomic mass is 10.0. The van der Waals surface area contributed by atoms with Crippen LogP contribution in [-0.4, -0.2) is 55.2 Å². The highest BCUT2D eigenvalue weighted by Gasteiger charge is 2.24. The van der Waals surface area contributed by atoms with Gasteiger partial charge in [-0.25, -0.2) is 0 Å². The summed E-state index contributed by atoms with van der Waals surface area (Å²) in [7, 11) is 0. The maximum absolute atomic E-state index is 12.5. The molecular weight excluding hydrogens is 302 g/mol. The van der Waals surface area contributed by atoms with Crippen LogP contribution in [0.5, 0.6) is 5.75 Å². The Bertz CT molecular complexity index is 584. The van der Waals surface area contributed by atoms with Crippen molar-refractivity contribution in [1.29, 1.82) is 0 Å². The highest BCUT2D eigenvalue weighted by atomic mass is 16.5. The molecule has 1 amide bonds. The third-order valence-corrected chi connectivity index (χ3v) is 4.97. The van der Waals surface area contributed by atoms with Gasteiger partial charge in [-0.1, -0.05) is 12.1 Å². The molecule has 2 unspecified atom stereocenters. The summed E-state index contributed by atoms with van der Waals surface area (Å²) in [5.74, 6) is 1.14. The number of amides is 1. The zero-order chi connectivity index (χ0) is 17.1. The first-order chi connectivity index (χ1) is 11.5. The van der Waals surface area contributed by atoms with Crippen molar-refractivity contribution in [1.82, 2.24) is 15.5 Å². The predicted octanol–water partition coefficient (Wildman–Crippen LogP) is 1.35. The van der Waals surface area contributed by atoms with Crippen LogP contribution in [0.1, 0.15) is 31.9 Å². The number of nitrogens with one attached hydrogen (secondary N) is 2. The first-order valence-corrected chi connectivity index (χ1v) is 9.06. The van der Waals surface area contributed by atoms with Crippen LogP contribution in [0, 0.1) is 0 Å². The van der Waals surface area contributed by atoms with E-state index in [4.69, 9.17) is 4.74 Å². The standard InChI is InChI=1S/C19H29N3O2/c1-13(21-19(23)15(3)22-8-6-20-7-9-22)10-16-4-5-18-17(12-16)11-14(2)24-18/h4-5,12-15,20H,6-11H2,1-3H3,(H,21,23)/t13-,14?,15?/m1/s1. The first-order valence-electron chi connectivity index (χ1n) is 9.06. The summed E-state index contributed by atoms with van der Waals surface area (Å²) in [5, 5.41) is 6.49. The van der Waals surface area contributed by atoms with Gasteiger partial charge in [0, 0.05) is 38.6 Å².